The molecule has 2 unspecified atom stereocenters. The molecule has 1 aliphatic heterocycles. The standard InChI is InChI=1S/C15H18N2O4S.ClH/c1-10-9-17(11(2)8-16-10)22(19,20)13-4-5-14-12(7-13)3-6-15(18)21-14;/h3-7,10-11,16H,8-9H2,1-2H3;1H. The van der Waals surface area contributed by atoms with Gasteiger partial charge in [-0.05, 0) is 38.1 Å². The summed E-state index contributed by atoms with van der Waals surface area (Å²) >= 11 is 0. The Morgan fingerprint density at radius 1 is 1.22 bits per heavy atom. The highest BCUT2D eigenvalue weighted by Gasteiger charge is 2.33. The fraction of sp³-hybridized carbons (Fsp3) is 0.400. The number of hydrogen-bond acceptors (Lipinski definition) is 5. The van der Waals surface area contributed by atoms with E-state index in [1.54, 1.807) is 12.1 Å². The Labute approximate surface area is 140 Å². The van der Waals surface area contributed by atoms with Crippen molar-refractivity contribution in [2.24, 2.45) is 0 Å². The molecule has 0 saturated carbocycles. The first kappa shape index (κ1) is 17.9. The van der Waals surface area contributed by atoms with E-state index in [1.807, 2.05) is 13.8 Å². The molecule has 1 saturated heterocycles. The van der Waals surface area contributed by atoms with E-state index in [2.05, 4.69) is 5.32 Å². The number of halogens is 1. The molecule has 2 atom stereocenters. The van der Waals surface area contributed by atoms with E-state index in [-0.39, 0.29) is 29.4 Å². The van der Waals surface area contributed by atoms with Gasteiger partial charge in [0.2, 0.25) is 10.0 Å². The van der Waals surface area contributed by atoms with Crippen molar-refractivity contribution in [3.63, 3.8) is 0 Å². The first-order valence-electron chi connectivity index (χ1n) is 7.17. The Hall–Kier alpha value is -1.41. The monoisotopic (exact) mass is 358 g/mol. The molecule has 1 aromatic carbocycles. The number of hydrogen-bond donors (Lipinski definition) is 1. The number of benzene rings is 1. The van der Waals surface area contributed by atoms with Crippen LogP contribution < -0.4 is 10.9 Å². The minimum Gasteiger partial charge on any atom is -0.423 e. The second-order valence-corrected chi connectivity index (χ2v) is 7.58. The average molecular weight is 359 g/mol. The summed E-state index contributed by atoms with van der Waals surface area (Å²) in [5.41, 5.74) is -0.0687. The fourth-order valence-electron chi connectivity index (χ4n) is 2.67. The van der Waals surface area contributed by atoms with Gasteiger partial charge in [0.25, 0.3) is 0 Å². The van der Waals surface area contributed by atoms with Gasteiger partial charge in [-0.2, -0.15) is 4.31 Å². The number of piperazine rings is 1. The van der Waals surface area contributed by atoms with Gasteiger partial charge in [-0.25, -0.2) is 13.2 Å². The van der Waals surface area contributed by atoms with Crippen LogP contribution in [0.2, 0.25) is 0 Å². The molecule has 0 aliphatic carbocycles. The molecule has 2 heterocycles. The number of rotatable bonds is 2. The second kappa shape index (κ2) is 6.60. The second-order valence-electron chi connectivity index (χ2n) is 5.69. The van der Waals surface area contributed by atoms with Gasteiger partial charge < -0.3 is 9.73 Å². The smallest absolute Gasteiger partial charge is 0.336 e. The van der Waals surface area contributed by atoms with Crippen molar-refractivity contribution < 1.29 is 12.8 Å². The number of nitrogens with zero attached hydrogens (tertiary/aromatic N) is 1. The Bertz CT molecular complexity index is 865. The molecule has 2 aromatic rings. The Balaban J connectivity index is 0.00000192. The molecule has 0 radical (unpaired) electrons. The topological polar surface area (TPSA) is 79.6 Å². The van der Waals surface area contributed by atoms with Crippen LogP contribution in [0.3, 0.4) is 0 Å². The van der Waals surface area contributed by atoms with Crippen molar-refractivity contribution in [2.75, 3.05) is 13.1 Å². The molecule has 1 aromatic heterocycles. The van der Waals surface area contributed by atoms with Crippen molar-refractivity contribution >= 4 is 33.4 Å². The maximum Gasteiger partial charge on any atom is 0.336 e. The van der Waals surface area contributed by atoms with E-state index in [0.29, 0.717) is 24.1 Å². The average Bonchev–Trinajstić information content (AvgIpc) is 2.49. The Morgan fingerprint density at radius 2 is 1.96 bits per heavy atom. The summed E-state index contributed by atoms with van der Waals surface area (Å²) in [5, 5.41) is 3.86. The van der Waals surface area contributed by atoms with Crippen LogP contribution in [0.5, 0.6) is 0 Å². The van der Waals surface area contributed by atoms with Crippen LogP contribution in [0.1, 0.15) is 13.8 Å². The minimum atomic E-state index is -3.57. The summed E-state index contributed by atoms with van der Waals surface area (Å²) < 4.78 is 32.3. The van der Waals surface area contributed by atoms with Gasteiger partial charge in [-0.15, -0.1) is 12.4 Å². The lowest BCUT2D eigenvalue weighted by molar-refractivity contribution is 0.244. The van der Waals surface area contributed by atoms with Crippen LogP contribution in [0.4, 0.5) is 0 Å². The van der Waals surface area contributed by atoms with Gasteiger partial charge in [0.15, 0.2) is 0 Å². The molecular formula is C15H19ClN2O4S. The summed E-state index contributed by atoms with van der Waals surface area (Å²) in [5.74, 6) is 0. The van der Waals surface area contributed by atoms with Gasteiger partial charge in [-0.1, -0.05) is 0 Å². The van der Waals surface area contributed by atoms with Crippen molar-refractivity contribution in [3.05, 3.63) is 40.8 Å². The van der Waals surface area contributed by atoms with Gasteiger partial charge in [0, 0.05) is 36.6 Å². The van der Waals surface area contributed by atoms with Gasteiger partial charge in [0.05, 0.1) is 4.90 Å². The highest BCUT2D eigenvalue weighted by Crippen LogP contribution is 2.24. The summed E-state index contributed by atoms with van der Waals surface area (Å²) in [6.07, 6.45) is 0. The zero-order valence-electron chi connectivity index (χ0n) is 12.9. The lowest BCUT2D eigenvalue weighted by atomic mass is 10.2. The largest absolute Gasteiger partial charge is 0.423 e. The molecule has 0 amide bonds. The molecule has 1 fully saturated rings. The summed E-state index contributed by atoms with van der Waals surface area (Å²) in [6, 6.07) is 7.43. The van der Waals surface area contributed by atoms with Gasteiger partial charge in [-0.3, -0.25) is 0 Å². The molecule has 1 N–H and O–H groups in total. The van der Waals surface area contributed by atoms with E-state index >= 15 is 0 Å². The lowest BCUT2D eigenvalue weighted by Crippen LogP contribution is -2.56. The third-order valence-corrected chi connectivity index (χ3v) is 5.88. The molecule has 23 heavy (non-hydrogen) atoms. The van der Waals surface area contributed by atoms with Crippen LogP contribution in [-0.2, 0) is 10.0 Å². The van der Waals surface area contributed by atoms with Crippen molar-refractivity contribution in [1.82, 2.24) is 9.62 Å². The quantitative estimate of drug-likeness (QED) is 0.824. The Kier molecular flexibility index (Phi) is 5.15. The van der Waals surface area contributed by atoms with Crippen molar-refractivity contribution in [1.29, 1.82) is 0 Å². The third-order valence-electron chi connectivity index (χ3n) is 3.90. The SMILES string of the molecule is CC1CN(S(=O)(=O)c2ccc3oc(=O)ccc3c2)C(C)CN1.Cl. The van der Waals surface area contributed by atoms with Crippen molar-refractivity contribution in [3.8, 4) is 0 Å². The molecule has 8 heteroatoms. The van der Waals surface area contributed by atoms with E-state index in [0.717, 1.165) is 0 Å². The number of fused-ring (bicyclic) bond motifs is 1. The van der Waals surface area contributed by atoms with E-state index < -0.39 is 15.6 Å². The van der Waals surface area contributed by atoms with Crippen LogP contribution in [0, 0.1) is 0 Å². The normalized spacial score (nSPS) is 22.7. The summed E-state index contributed by atoms with van der Waals surface area (Å²) in [6.45, 7) is 4.91. The molecule has 126 valence electrons. The number of sulfonamides is 1. The molecule has 0 bridgehead atoms. The molecule has 3 rings (SSSR count). The number of nitrogens with one attached hydrogen (secondary N) is 1. The van der Waals surface area contributed by atoms with E-state index in [9.17, 15) is 13.2 Å². The maximum atomic E-state index is 12.9. The van der Waals surface area contributed by atoms with Gasteiger partial charge >= 0.3 is 5.63 Å². The van der Waals surface area contributed by atoms with Crippen molar-refractivity contribution in [2.45, 2.75) is 30.8 Å². The zero-order chi connectivity index (χ0) is 15.9. The van der Waals surface area contributed by atoms with Crippen LogP contribution in [0.15, 0.2) is 44.4 Å². The van der Waals surface area contributed by atoms with Gasteiger partial charge in [0.1, 0.15) is 5.58 Å². The lowest BCUT2D eigenvalue weighted by Gasteiger charge is -2.36. The van der Waals surface area contributed by atoms with Crippen LogP contribution >= 0.6 is 12.4 Å². The molecule has 6 nitrogen and oxygen atoms in total. The van der Waals surface area contributed by atoms with E-state index in [1.165, 1.54) is 22.5 Å². The minimum absolute atomic E-state index is 0. The molecule has 0 spiro atoms. The summed E-state index contributed by atoms with van der Waals surface area (Å²) in [4.78, 5) is 11.4. The predicted molar refractivity (Wildman–Crippen MR) is 90.6 cm³/mol. The predicted octanol–water partition coefficient (Wildman–Crippen LogP) is 1.59. The zero-order valence-corrected chi connectivity index (χ0v) is 14.5. The van der Waals surface area contributed by atoms with E-state index in [4.69, 9.17) is 4.42 Å². The van der Waals surface area contributed by atoms with Crippen LogP contribution in [0.25, 0.3) is 11.0 Å². The first-order valence-corrected chi connectivity index (χ1v) is 8.61. The highest BCUT2D eigenvalue weighted by molar-refractivity contribution is 7.89. The van der Waals surface area contributed by atoms with Crippen LogP contribution in [-0.4, -0.2) is 37.9 Å². The highest BCUT2D eigenvalue weighted by atomic mass is 35.5. The molecular weight excluding hydrogens is 340 g/mol. The molecule has 1 aliphatic rings. The third kappa shape index (κ3) is 3.42. The maximum absolute atomic E-state index is 12.9. The summed E-state index contributed by atoms with van der Waals surface area (Å²) in [7, 11) is -3.57. The fourth-order valence-corrected chi connectivity index (χ4v) is 4.42. The Morgan fingerprint density at radius 3 is 2.70 bits per heavy atom. The first-order chi connectivity index (χ1) is 10.4.